The summed E-state index contributed by atoms with van der Waals surface area (Å²) in [5.74, 6) is 2.64. The Morgan fingerprint density at radius 3 is 2.06 bits per heavy atom. The molecule has 0 aromatic heterocycles. The van der Waals surface area contributed by atoms with Gasteiger partial charge in [0.1, 0.15) is 0 Å². The Morgan fingerprint density at radius 1 is 1.00 bits per heavy atom. The van der Waals surface area contributed by atoms with Gasteiger partial charge in [-0.2, -0.15) is 0 Å². The fourth-order valence-corrected chi connectivity index (χ4v) is 1.92. The van der Waals surface area contributed by atoms with Gasteiger partial charge in [-0.25, -0.2) is 0 Å². The van der Waals surface area contributed by atoms with Crippen LogP contribution in [0.4, 0.5) is 5.69 Å². The SMILES string of the molecule is C#Cc1ccc(N2CCCCC2)cc1.CC. The largest absolute Gasteiger partial charge is 0.372 e. The second kappa shape index (κ2) is 6.95. The summed E-state index contributed by atoms with van der Waals surface area (Å²) < 4.78 is 0. The van der Waals surface area contributed by atoms with Gasteiger partial charge in [0.25, 0.3) is 0 Å². The maximum absolute atomic E-state index is 5.31. The minimum absolute atomic E-state index is 0.964. The van der Waals surface area contributed by atoms with Crippen LogP contribution in [-0.4, -0.2) is 13.1 Å². The van der Waals surface area contributed by atoms with Crippen LogP contribution in [0.3, 0.4) is 0 Å². The predicted molar refractivity (Wildman–Crippen MR) is 71.8 cm³/mol. The molecule has 86 valence electrons. The van der Waals surface area contributed by atoms with E-state index < -0.39 is 0 Å². The fraction of sp³-hybridized carbons (Fsp3) is 0.467. The van der Waals surface area contributed by atoms with Crippen LogP contribution in [0.1, 0.15) is 38.7 Å². The van der Waals surface area contributed by atoms with Crippen molar-refractivity contribution in [2.75, 3.05) is 18.0 Å². The van der Waals surface area contributed by atoms with E-state index in [-0.39, 0.29) is 0 Å². The van der Waals surface area contributed by atoms with Crippen molar-refractivity contribution in [2.45, 2.75) is 33.1 Å². The molecular weight excluding hydrogens is 194 g/mol. The first-order chi connectivity index (χ1) is 7.90. The third kappa shape index (κ3) is 3.31. The lowest BCUT2D eigenvalue weighted by molar-refractivity contribution is 0.578. The summed E-state index contributed by atoms with van der Waals surface area (Å²) in [5, 5.41) is 0. The Labute approximate surface area is 99.5 Å². The molecule has 1 aliphatic rings. The molecule has 1 aliphatic heterocycles. The Hall–Kier alpha value is -1.42. The lowest BCUT2D eigenvalue weighted by atomic mass is 10.1. The molecule has 0 bridgehead atoms. The lowest BCUT2D eigenvalue weighted by Gasteiger charge is -2.28. The maximum atomic E-state index is 5.31. The quantitative estimate of drug-likeness (QED) is 0.646. The second-order valence-corrected chi connectivity index (χ2v) is 3.74. The van der Waals surface area contributed by atoms with Gasteiger partial charge in [0, 0.05) is 24.3 Å². The van der Waals surface area contributed by atoms with Gasteiger partial charge < -0.3 is 4.90 Å². The number of piperidine rings is 1. The van der Waals surface area contributed by atoms with Crippen molar-refractivity contribution in [3.63, 3.8) is 0 Å². The zero-order valence-corrected chi connectivity index (χ0v) is 10.4. The van der Waals surface area contributed by atoms with Gasteiger partial charge in [0.05, 0.1) is 0 Å². The van der Waals surface area contributed by atoms with Gasteiger partial charge in [0.15, 0.2) is 0 Å². The van der Waals surface area contributed by atoms with Crippen LogP contribution in [0.15, 0.2) is 24.3 Å². The fourth-order valence-electron chi connectivity index (χ4n) is 1.92. The van der Waals surface area contributed by atoms with Crippen LogP contribution in [0.5, 0.6) is 0 Å². The highest BCUT2D eigenvalue weighted by Crippen LogP contribution is 2.19. The molecule has 1 aromatic rings. The van der Waals surface area contributed by atoms with Crippen molar-refractivity contribution in [3.05, 3.63) is 29.8 Å². The first-order valence-electron chi connectivity index (χ1n) is 6.22. The van der Waals surface area contributed by atoms with E-state index in [1.165, 1.54) is 38.0 Å². The van der Waals surface area contributed by atoms with E-state index >= 15 is 0 Å². The molecule has 1 saturated heterocycles. The molecule has 0 N–H and O–H groups in total. The van der Waals surface area contributed by atoms with Crippen LogP contribution < -0.4 is 4.90 Å². The highest BCUT2D eigenvalue weighted by molar-refractivity contribution is 5.50. The highest BCUT2D eigenvalue weighted by Gasteiger charge is 2.09. The lowest BCUT2D eigenvalue weighted by Crippen LogP contribution is -2.29. The number of hydrogen-bond donors (Lipinski definition) is 0. The normalized spacial score (nSPS) is 14.7. The van der Waals surface area contributed by atoms with Crippen molar-refractivity contribution >= 4 is 5.69 Å². The smallest absolute Gasteiger partial charge is 0.0367 e. The summed E-state index contributed by atoms with van der Waals surface area (Å²) in [6.45, 7) is 6.38. The molecule has 0 aliphatic carbocycles. The van der Waals surface area contributed by atoms with E-state index in [4.69, 9.17) is 6.42 Å². The molecule has 16 heavy (non-hydrogen) atoms. The summed E-state index contributed by atoms with van der Waals surface area (Å²) in [6.07, 6.45) is 9.32. The molecule has 1 fully saturated rings. The maximum Gasteiger partial charge on any atom is 0.0367 e. The molecule has 0 amide bonds. The Morgan fingerprint density at radius 2 is 1.56 bits per heavy atom. The van der Waals surface area contributed by atoms with Crippen molar-refractivity contribution in [2.24, 2.45) is 0 Å². The van der Waals surface area contributed by atoms with Gasteiger partial charge in [0.2, 0.25) is 0 Å². The van der Waals surface area contributed by atoms with Crippen LogP contribution in [-0.2, 0) is 0 Å². The van der Waals surface area contributed by atoms with Crippen LogP contribution in [0.2, 0.25) is 0 Å². The summed E-state index contributed by atoms with van der Waals surface area (Å²) in [4.78, 5) is 2.43. The summed E-state index contributed by atoms with van der Waals surface area (Å²) >= 11 is 0. The van der Waals surface area contributed by atoms with Gasteiger partial charge in [-0.05, 0) is 43.5 Å². The van der Waals surface area contributed by atoms with E-state index in [2.05, 4.69) is 23.0 Å². The summed E-state index contributed by atoms with van der Waals surface area (Å²) in [5.41, 5.74) is 2.27. The van der Waals surface area contributed by atoms with E-state index in [9.17, 15) is 0 Å². The molecule has 0 atom stereocenters. The zero-order valence-electron chi connectivity index (χ0n) is 10.4. The van der Waals surface area contributed by atoms with Crippen LogP contribution in [0, 0.1) is 12.3 Å². The van der Waals surface area contributed by atoms with Crippen molar-refractivity contribution in [3.8, 4) is 12.3 Å². The number of benzene rings is 1. The van der Waals surface area contributed by atoms with Gasteiger partial charge >= 0.3 is 0 Å². The molecule has 1 heterocycles. The van der Waals surface area contributed by atoms with E-state index in [0.717, 1.165) is 5.56 Å². The molecular formula is C15H21N. The number of rotatable bonds is 1. The molecule has 0 saturated carbocycles. The Kier molecular flexibility index (Phi) is 5.50. The van der Waals surface area contributed by atoms with E-state index in [0.29, 0.717) is 0 Å². The molecule has 2 rings (SSSR count). The number of hydrogen-bond acceptors (Lipinski definition) is 1. The number of anilines is 1. The third-order valence-corrected chi connectivity index (χ3v) is 2.76. The molecule has 0 unspecified atom stereocenters. The molecule has 0 radical (unpaired) electrons. The van der Waals surface area contributed by atoms with Crippen molar-refractivity contribution in [1.29, 1.82) is 0 Å². The van der Waals surface area contributed by atoms with Crippen LogP contribution in [0.25, 0.3) is 0 Å². The minimum Gasteiger partial charge on any atom is -0.372 e. The standard InChI is InChI=1S/C13H15N.C2H6/c1-2-12-6-8-13(9-7-12)14-10-4-3-5-11-14;1-2/h1,6-9H,3-5,10-11H2;1-2H3. The summed E-state index contributed by atoms with van der Waals surface area (Å²) in [7, 11) is 0. The average molecular weight is 215 g/mol. The van der Waals surface area contributed by atoms with Crippen molar-refractivity contribution in [1.82, 2.24) is 0 Å². The predicted octanol–water partition coefficient (Wildman–Crippen LogP) is 3.68. The molecule has 1 heteroatoms. The second-order valence-electron chi connectivity index (χ2n) is 3.74. The van der Waals surface area contributed by atoms with Gasteiger partial charge in [-0.3, -0.25) is 0 Å². The third-order valence-electron chi connectivity index (χ3n) is 2.76. The van der Waals surface area contributed by atoms with E-state index in [1.807, 2.05) is 26.0 Å². The first-order valence-corrected chi connectivity index (χ1v) is 6.22. The topological polar surface area (TPSA) is 3.24 Å². The Balaban J connectivity index is 0.000000606. The summed E-state index contributed by atoms with van der Waals surface area (Å²) in [6, 6.07) is 8.29. The highest BCUT2D eigenvalue weighted by atomic mass is 15.1. The molecule has 0 spiro atoms. The molecule has 1 nitrogen and oxygen atoms in total. The number of nitrogens with zero attached hydrogens (tertiary/aromatic N) is 1. The Bertz CT molecular complexity index is 325. The average Bonchev–Trinajstić information content (AvgIpc) is 2.42. The number of terminal acetylenes is 1. The minimum atomic E-state index is 0.964. The van der Waals surface area contributed by atoms with Crippen molar-refractivity contribution < 1.29 is 0 Å². The first kappa shape index (κ1) is 12.6. The van der Waals surface area contributed by atoms with Gasteiger partial charge in [-0.1, -0.05) is 19.8 Å². The monoisotopic (exact) mass is 215 g/mol. The molecule has 1 aromatic carbocycles. The van der Waals surface area contributed by atoms with Crippen LogP contribution >= 0.6 is 0 Å². The van der Waals surface area contributed by atoms with Gasteiger partial charge in [-0.15, -0.1) is 6.42 Å². The van der Waals surface area contributed by atoms with E-state index in [1.54, 1.807) is 0 Å². The zero-order chi connectivity index (χ0) is 11.8.